The zero-order chi connectivity index (χ0) is 16.2. The van der Waals surface area contributed by atoms with E-state index in [0.29, 0.717) is 6.61 Å². The van der Waals surface area contributed by atoms with Crippen molar-refractivity contribution in [1.29, 1.82) is 0 Å². The molecule has 0 aliphatic carbocycles. The number of rotatable bonds is 5. The van der Waals surface area contributed by atoms with Gasteiger partial charge in [-0.1, -0.05) is 36.4 Å². The van der Waals surface area contributed by atoms with E-state index in [1.165, 1.54) is 0 Å². The molecule has 4 nitrogen and oxygen atoms in total. The zero-order valence-corrected chi connectivity index (χ0v) is 12.8. The van der Waals surface area contributed by atoms with Gasteiger partial charge in [0.2, 0.25) is 0 Å². The maximum Gasteiger partial charge on any atom is 0.328 e. The minimum atomic E-state index is -0.968. The van der Waals surface area contributed by atoms with Crippen LogP contribution in [0, 0.1) is 0 Å². The first-order valence-corrected chi connectivity index (χ1v) is 7.31. The first-order valence-electron chi connectivity index (χ1n) is 7.31. The molecule has 116 valence electrons. The highest BCUT2D eigenvalue weighted by atomic mass is 16.5. The average molecular weight is 307 g/mol. The van der Waals surface area contributed by atoms with Gasteiger partial charge in [-0.2, -0.15) is 0 Å². The number of aryl methyl sites for hydroxylation is 1. The maximum atomic E-state index is 10.8. The molecule has 2 aromatic carbocycles. The molecule has 3 aromatic rings. The Hall–Kier alpha value is -3.01. The van der Waals surface area contributed by atoms with Crippen LogP contribution in [0.15, 0.2) is 60.8 Å². The smallest absolute Gasteiger partial charge is 0.328 e. The fraction of sp³-hybridized carbons (Fsp3) is 0.105. The zero-order valence-electron chi connectivity index (χ0n) is 12.8. The maximum absolute atomic E-state index is 10.8. The summed E-state index contributed by atoms with van der Waals surface area (Å²) in [7, 11) is 1.93. The Morgan fingerprint density at radius 1 is 1.17 bits per heavy atom. The topological polar surface area (TPSA) is 51.5 Å². The third kappa shape index (κ3) is 3.26. The van der Waals surface area contributed by atoms with Gasteiger partial charge in [-0.05, 0) is 23.8 Å². The SMILES string of the molecule is Cn1cc(C=CC(=O)O)c2c(OCc3ccccc3)cccc21. The molecular formula is C19H17NO3. The molecule has 0 fully saturated rings. The van der Waals surface area contributed by atoms with Gasteiger partial charge in [0.15, 0.2) is 0 Å². The lowest BCUT2D eigenvalue weighted by Crippen LogP contribution is -1.96. The molecule has 23 heavy (non-hydrogen) atoms. The van der Waals surface area contributed by atoms with Crippen molar-refractivity contribution in [1.82, 2.24) is 4.57 Å². The fourth-order valence-electron chi connectivity index (χ4n) is 2.59. The van der Waals surface area contributed by atoms with Gasteiger partial charge in [0.05, 0.1) is 5.52 Å². The first-order chi connectivity index (χ1) is 11.1. The highest BCUT2D eigenvalue weighted by molar-refractivity contribution is 5.97. The fourth-order valence-corrected chi connectivity index (χ4v) is 2.59. The highest BCUT2D eigenvalue weighted by Crippen LogP contribution is 2.31. The standard InChI is InChI=1S/C19H17NO3/c1-20-12-15(10-11-18(21)22)19-16(20)8-5-9-17(19)23-13-14-6-3-2-4-7-14/h2-12H,13H2,1H3,(H,21,22). The molecule has 1 N–H and O–H groups in total. The van der Waals surface area contributed by atoms with Crippen LogP contribution in [-0.4, -0.2) is 15.6 Å². The second kappa shape index (κ2) is 6.40. The van der Waals surface area contributed by atoms with Crippen LogP contribution in [0.25, 0.3) is 17.0 Å². The number of ether oxygens (including phenoxy) is 1. The Morgan fingerprint density at radius 3 is 2.70 bits per heavy atom. The molecule has 4 heteroatoms. The van der Waals surface area contributed by atoms with Crippen LogP contribution in [0.4, 0.5) is 0 Å². The average Bonchev–Trinajstić information content (AvgIpc) is 2.89. The lowest BCUT2D eigenvalue weighted by atomic mass is 10.1. The molecule has 0 spiro atoms. The normalized spacial score (nSPS) is 11.2. The van der Waals surface area contributed by atoms with Crippen LogP contribution in [0.3, 0.4) is 0 Å². The summed E-state index contributed by atoms with van der Waals surface area (Å²) in [6.07, 6.45) is 4.64. The van der Waals surface area contributed by atoms with Crippen molar-refractivity contribution in [3.05, 3.63) is 71.9 Å². The van der Waals surface area contributed by atoms with Crippen molar-refractivity contribution in [3.8, 4) is 5.75 Å². The summed E-state index contributed by atoms with van der Waals surface area (Å²) >= 11 is 0. The Kier molecular flexibility index (Phi) is 4.15. The Labute approximate surface area is 134 Å². The minimum absolute atomic E-state index is 0.469. The van der Waals surface area contributed by atoms with Crippen LogP contribution >= 0.6 is 0 Å². The first kappa shape index (κ1) is 14.9. The number of carboxylic acids is 1. The summed E-state index contributed by atoms with van der Waals surface area (Å²) in [5, 5.41) is 9.77. The number of benzene rings is 2. The Morgan fingerprint density at radius 2 is 1.96 bits per heavy atom. The van der Waals surface area contributed by atoms with Crippen LogP contribution in [0.5, 0.6) is 5.75 Å². The molecule has 0 saturated heterocycles. The van der Waals surface area contributed by atoms with E-state index < -0.39 is 5.97 Å². The number of carboxylic acid groups (broad SMARTS) is 1. The molecule has 0 radical (unpaired) electrons. The Bertz CT molecular complexity index is 863. The summed E-state index contributed by atoms with van der Waals surface area (Å²) < 4.78 is 7.94. The molecule has 0 atom stereocenters. The highest BCUT2D eigenvalue weighted by Gasteiger charge is 2.10. The van der Waals surface area contributed by atoms with Gasteiger partial charge in [0.25, 0.3) is 0 Å². The summed E-state index contributed by atoms with van der Waals surface area (Å²) in [4.78, 5) is 10.8. The molecule has 1 heterocycles. The van der Waals surface area contributed by atoms with E-state index in [0.717, 1.165) is 33.9 Å². The number of carbonyl (C=O) groups is 1. The number of aliphatic carboxylic acids is 1. The van der Waals surface area contributed by atoms with E-state index in [2.05, 4.69) is 0 Å². The van der Waals surface area contributed by atoms with E-state index in [-0.39, 0.29) is 0 Å². The predicted octanol–water partition coefficient (Wildman–Crippen LogP) is 3.86. The summed E-state index contributed by atoms with van der Waals surface area (Å²) in [6.45, 7) is 0.469. The van der Waals surface area contributed by atoms with Crippen molar-refractivity contribution in [2.45, 2.75) is 6.61 Å². The number of nitrogens with zero attached hydrogens (tertiary/aromatic N) is 1. The van der Waals surface area contributed by atoms with Crippen LogP contribution in [0.1, 0.15) is 11.1 Å². The molecule has 3 rings (SSSR count). The van der Waals surface area contributed by atoms with Crippen LogP contribution < -0.4 is 4.74 Å². The molecule has 0 amide bonds. The third-order valence-corrected chi connectivity index (χ3v) is 3.65. The number of aromatic nitrogens is 1. The van der Waals surface area contributed by atoms with E-state index in [1.54, 1.807) is 6.08 Å². The lowest BCUT2D eigenvalue weighted by molar-refractivity contribution is -0.131. The quantitative estimate of drug-likeness (QED) is 0.728. The second-order valence-corrected chi connectivity index (χ2v) is 5.29. The van der Waals surface area contributed by atoms with Gasteiger partial charge in [-0.3, -0.25) is 0 Å². The predicted molar refractivity (Wildman–Crippen MR) is 90.4 cm³/mol. The summed E-state index contributed by atoms with van der Waals surface area (Å²) in [6, 6.07) is 15.8. The molecule has 0 saturated carbocycles. The van der Waals surface area contributed by atoms with Crippen molar-refractivity contribution in [2.24, 2.45) is 7.05 Å². The van der Waals surface area contributed by atoms with E-state index >= 15 is 0 Å². The van der Waals surface area contributed by atoms with E-state index in [4.69, 9.17) is 9.84 Å². The van der Waals surface area contributed by atoms with Gasteiger partial charge >= 0.3 is 5.97 Å². The molecule has 1 aromatic heterocycles. The molecule has 0 unspecified atom stereocenters. The van der Waals surface area contributed by atoms with Crippen LogP contribution in [0.2, 0.25) is 0 Å². The minimum Gasteiger partial charge on any atom is -0.488 e. The van der Waals surface area contributed by atoms with Gasteiger partial charge < -0.3 is 14.4 Å². The third-order valence-electron chi connectivity index (χ3n) is 3.65. The molecular weight excluding hydrogens is 290 g/mol. The Balaban J connectivity index is 1.98. The number of fused-ring (bicyclic) bond motifs is 1. The molecule has 0 aliphatic rings. The summed E-state index contributed by atoms with van der Waals surface area (Å²) in [5.74, 6) is -0.221. The molecule has 0 bridgehead atoms. The number of hydrogen-bond donors (Lipinski definition) is 1. The van der Waals surface area contributed by atoms with Gasteiger partial charge in [-0.25, -0.2) is 4.79 Å². The van der Waals surface area contributed by atoms with Gasteiger partial charge in [0, 0.05) is 30.3 Å². The monoisotopic (exact) mass is 307 g/mol. The van der Waals surface area contributed by atoms with Gasteiger partial charge in [0.1, 0.15) is 12.4 Å². The largest absolute Gasteiger partial charge is 0.488 e. The van der Waals surface area contributed by atoms with Crippen molar-refractivity contribution in [3.63, 3.8) is 0 Å². The van der Waals surface area contributed by atoms with Crippen molar-refractivity contribution in [2.75, 3.05) is 0 Å². The van der Waals surface area contributed by atoms with E-state index in [9.17, 15) is 4.79 Å². The molecule has 0 aliphatic heterocycles. The van der Waals surface area contributed by atoms with Crippen molar-refractivity contribution < 1.29 is 14.6 Å². The van der Waals surface area contributed by atoms with Crippen LogP contribution in [-0.2, 0) is 18.4 Å². The van der Waals surface area contributed by atoms with Gasteiger partial charge in [-0.15, -0.1) is 0 Å². The second-order valence-electron chi connectivity index (χ2n) is 5.29. The summed E-state index contributed by atoms with van der Waals surface area (Å²) in [5.41, 5.74) is 2.91. The lowest BCUT2D eigenvalue weighted by Gasteiger charge is -2.08. The van der Waals surface area contributed by atoms with Crippen molar-refractivity contribution >= 4 is 22.9 Å². The van der Waals surface area contributed by atoms with E-state index in [1.807, 2.05) is 66.3 Å². The number of hydrogen-bond acceptors (Lipinski definition) is 2.